The molecule has 184 valence electrons. The predicted octanol–water partition coefficient (Wildman–Crippen LogP) is 7.52. The third-order valence-electron chi connectivity index (χ3n) is 6.28. The van der Waals surface area contributed by atoms with Gasteiger partial charge in [0.1, 0.15) is 12.4 Å². The SMILES string of the molecule is CCCC(C)(C)Cc1cc(COc2cccc(CCC(=O)O)c2)ccc1-c1cccc(C(C)=O)c1. The van der Waals surface area contributed by atoms with Crippen LogP contribution in [0.4, 0.5) is 0 Å². The standard InChI is InChI=1S/C31H36O4/c1-5-16-31(3,4)20-27-17-24(12-14-29(27)26-10-7-9-25(19-26)22(2)32)21-35-28-11-6-8-23(18-28)13-15-30(33)34/h6-12,14,17-19H,5,13,15-16,20-21H2,1-4H3,(H,33,34). The zero-order chi connectivity index (χ0) is 25.4. The number of benzene rings is 3. The molecule has 3 rings (SSSR count). The van der Waals surface area contributed by atoms with Crippen molar-refractivity contribution < 1.29 is 19.4 Å². The largest absolute Gasteiger partial charge is 0.489 e. The van der Waals surface area contributed by atoms with Gasteiger partial charge in [0, 0.05) is 12.0 Å². The van der Waals surface area contributed by atoms with Gasteiger partial charge in [-0.25, -0.2) is 0 Å². The summed E-state index contributed by atoms with van der Waals surface area (Å²) < 4.78 is 6.08. The van der Waals surface area contributed by atoms with Crippen molar-refractivity contribution in [3.63, 3.8) is 0 Å². The third-order valence-corrected chi connectivity index (χ3v) is 6.28. The van der Waals surface area contributed by atoms with Crippen LogP contribution in [0.2, 0.25) is 0 Å². The van der Waals surface area contributed by atoms with Crippen LogP contribution in [-0.4, -0.2) is 16.9 Å². The first kappa shape index (κ1) is 26.2. The molecule has 0 radical (unpaired) electrons. The van der Waals surface area contributed by atoms with E-state index in [0.29, 0.717) is 13.0 Å². The Morgan fingerprint density at radius 2 is 1.71 bits per heavy atom. The van der Waals surface area contributed by atoms with Crippen molar-refractivity contribution in [1.29, 1.82) is 0 Å². The summed E-state index contributed by atoms with van der Waals surface area (Å²) in [6.07, 6.45) is 3.77. The lowest BCUT2D eigenvalue weighted by molar-refractivity contribution is -0.136. The summed E-state index contributed by atoms with van der Waals surface area (Å²) in [4.78, 5) is 22.8. The highest BCUT2D eigenvalue weighted by Gasteiger charge is 2.20. The van der Waals surface area contributed by atoms with E-state index in [2.05, 4.69) is 45.0 Å². The van der Waals surface area contributed by atoms with Gasteiger partial charge in [-0.1, -0.05) is 75.7 Å². The zero-order valence-electron chi connectivity index (χ0n) is 21.3. The van der Waals surface area contributed by atoms with Crippen molar-refractivity contribution >= 4 is 11.8 Å². The van der Waals surface area contributed by atoms with Gasteiger partial charge in [0.15, 0.2) is 5.78 Å². The van der Waals surface area contributed by atoms with Gasteiger partial charge in [0.05, 0.1) is 0 Å². The lowest BCUT2D eigenvalue weighted by Gasteiger charge is -2.26. The first-order valence-electron chi connectivity index (χ1n) is 12.3. The number of aliphatic carboxylic acids is 1. The number of ether oxygens (including phenoxy) is 1. The number of ketones is 1. The smallest absolute Gasteiger partial charge is 0.303 e. The average Bonchev–Trinajstić information content (AvgIpc) is 2.81. The van der Waals surface area contributed by atoms with Crippen LogP contribution >= 0.6 is 0 Å². The molecule has 0 aliphatic heterocycles. The molecular weight excluding hydrogens is 436 g/mol. The molecule has 0 amide bonds. The Balaban J connectivity index is 1.86. The minimum atomic E-state index is -0.802. The van der Waals surface area contributed by atoms with Crippen LogP contribution in [0.1, 0.15) is 74.0 Å². The van der Waals surface area contributed by atoms with Gasteiger partial charge in [-0.15, -0.1) is 0 Å². The predicted molar refractivity (Wildman–Crippen MR) is 141 cm³/mol. The van der Waals surface area contributed by atoms with Gasteiger partial charge in [0.25, 0.3) is 0 Å². The number of hydrogen-bond acceptors (Lipinski definition) is 3. The van der Waals surface area contributed by atoms with Crippen LogP contribution in [0.5, 0.6) is 5.75 Å². The quantitative estimate of drug-likeness (QED) is 0.277. The first-order valence-corrected chi connectivity index (χ1v) is 12.3. The van der Waals surface area contributed by atoms with Gasteiger partial charge in [-0.05, 0) is 77.6 Å². The maximum atomic E-state index is 12.0. The molecule has 0 spiro atoms. The summed E-state index contributed by atoms with van der Waals surface area (Å²) >= 11 is 0. The Bertz CT molecular complexity index is 1180. The molecule has 3 aromatic rings. The number of carbonyl (C=O) groups is 2. The Kier molecular flexibility index (Phi) is 8.86. The molecule has 0 saturated heterocycles. The number of carboxylic acids is 1. The Morgan fingerprint density at radius 3 is 2.43 bits per heavy atom. The van der Waals surface area contributed by atoms with E-state index in [1.54, 1.807) is 6.92 Å². The Morgan fingerprint density at radius 1 is 0.943 bits per heavy atom. The lowest BCUT2D eigenvalue weighted by Crippen LogP contribution is -2.15. The summed E-state index contributed by atoms with van der Waals surface area (Å²) in [6, 6.07) is 21.9. The summed E-state index contributed by atoms with van der Waals surface area (Å²) in [5, 5.41) is 8.94. The maximum absolute atomic E-state index is 12.0. The van der Waals surface area contributed by atoms with Crippen molar-refractivity contribution in [3.8, 4) is 16.9 Å². The molecule has 0 fully saturated rings. The summed E-state index contributed by atoms with van der Waals surface area (Å²) in [5.41, 5.74) is 6.36. The van der Waals surface area contributed by atoms with Crippen molar-refractivity contribution in [2.24, 2.45) is 5.41 Å². The second-order valence-electron chi connectivity index (χ2n) is 10.0. The fourth-order valence-electron chi connectivity index (χ4n) is 4.56. The molecule has 1 N–H and O–H groups in total. The van der Waals surface area contributed by atoms with E-state index in [1.165, 1.54) is 5.56 Å². The number of hydrogen-bond donors (Lipinski definition) is 1. The molecule has 0 unspecified atom stereocenters. The van der Waals surface area contributed by atoms with Gasteiger partial charge in [-0.2, -0.15) is 0 Å². The van der Waals surface area contributed by atoms with Crippen molar-refractivity contribution in [1.82, 2.24) is 0 Å². The van der Waals surface area contributed by atoms with Crippen molar-refractivity contribution in [2.75, 3.05) is 0 Å². The molecule has 0 atom stereocenters. The molecule has 35 heavy (non-hydrogen) atoms. The van der Waals surface area contributed by atoms with Gasteiger partial charge in [-0.3, -0.25) is 9.59 Å². The molecule has 4 nitrogen and oxygen atoms in total. The monoisotopic (exact) mass is 472 g/mol. The molecule has 0 aliphatic carbocycles. The third kappa shape index (κ3) is 7.81. The minimum Gasteiger partial charge on any atom is -0.489 e. The summed E-state index contributed by atoms with van der Waals surface area (Å²) in [6.45, 7) is 8.85. The Hall–Kier alpha value is -3.40. The summed E-state index contributed by atoms with van der Waals surface area (Å²) in [5.74, 6) is -0.00178. The van der Waals surface area contributed by atoms with Crippen molar-refractivity contribution in [2.45, 2.75) is 66.4 Å². The van der Waals surface area contributed by atoms with E-state index in [0.717, 1.165) is 52.8 Å². The van der Waals surface area contributed by atoms with E-state index in [4.69, 9.17) is 9.84 Å². The molecular formula is C31H36O4. The van der Waals surface area contributed by atoms with Crippen LogP contribution in [-0.2, 0) is 24.2 Å². The van der Waals surface area contributed by atoms with Crippen LogP contribution in [0.15, 0.2) is 66.7 Å². The van der Waals surface area contributed by atoms with Crippen LogP contribution in [0.25, 0.3) is 11.1 Å². The van der Waals surface area contributed by atoms with Gasteiger partial charge < -0.3 is 9.84 Å². The van der Waals surface area contributed by atoms with E-state index in [9.17, 15) is 9.59 Å². The molecule has 0 heterocycles. The van der Waals surface area contributed by atoms with Gasteiger partial charge >= 0.3 is 5.97 Å². The molecule has 0 aromatic heterocycles. The first-order chi connectivity index (χ1) is 16.7. The normalized spacial score (nSPS) is 11.3. The fourth-order valence-corrected chi connectivity index (χ4v) is 4.56. The second-order valence-corrected chi connectivity index (χ2v) is 10.0. The molecule has 0 aliphatic rings. The second kappa shape index (κ2) is 11.8. The van der Waals surface area contributed by atoms with Crippen LogP contribution in [0, 0.1) is 5.41 Å². The highest BCUT2D eigenvalue weighted by Crippen LogP contribution is 2.34. The number of rotatable bonds is 12. The van der Waals surface area contributed by atoms with E-state index >= 15 is 0 Å². The van der Waals surface area contributed by atoms with Crippen LogP contribution < -0.4 is 4.74 Å². The number of carbonyl (C=O) groups excluding carboxylic acids is 1. The molecule has 3 aromatic carbocycles. The molecule has 0 saturated carbocycles. The van der Waals surface area contributed by atoms with Crippen molar-refractivity contribution in [3.05, 3.63) is 89.0 Å². The number of Topliss-reactive ketones (excluding diaryl/α,β-unsaturated/α-hetero) is 1. The van der Waals surface area contributed by atoms with E-state index in [-0.39, 0.29) is 17.6 Å². The van der Waals surface area contributed by atoms with E-state index in [1.807, 2.05) is 42.5 Å². The topological polar surface area (TPSA) is 63.6 Å². The Labute approximate surface area is 209 Å². The zero-order valence-corrected chi connectivity index (χ0v) is 21.3. The van der Waals surface area contributed by atoms with E-state index < -0.39 is 5.97 Å². The maximum Gasteiger partial charge on any atom is 0.303 e. The lowest BCUT2D eigenvalue weighted by atomic mass is 9.79. The molecule has 4 heteroatoms. The number of aryl methyl sites for hydroxylation is 1. The number of carboxylic acid groups (broad SMARTS) is 1. The minimum absolute atomic E-state index is 0.0651. The van der Waals surface area contributed by atoms with Crippen LogP contribution in [0.3, 0.4) is 0 Å². The highest BCUT2D eigenvalue weighted by molar-refractivity contribution is 5.95. The fraction of sp³-hybridized carbons (Fsp3) is 0.355. The summed E-state index contributed by atoms with van der Waals surface area (Å²) in [7, 11) is 0. The molecule has 0 bridgehead atoms. The average molecular weight is 473 g/mol. The van der Waals surface area contributed by atoms with Gasteiger partial charge in [0.2, 0.25) is 0 Å². The highest BCUT2D eigenvalue weighted by atomic mass is 16.5.